The van der Waals surface area contributed by atoms with E-state index in [9.17, 15) is 19.2 Å². The molecule has 0 aromatic heterocycles. The maximum absolute atomic E-state index is 13.1. The summed E-state index contributed by atoms with van der Waals surface area (Å²) in [6.45, 7) is 0. The van der Waals surface area contributed by atoms with Gasteiger partial charge in [-0.15, -0.1) is 0 Å². The zero-order chi connectivity index (χ0) is 33.5. The number of rotatable bonds is 8. The number of benzene rings is 6. The molecule has 2 aliphatic heterocycles. The van der Waals surface area contributed by atoms with Crippen molar-refractivity contribution in [3.05, 3.63) is 179 Å². The summed E-state index contributed by atoms with van der Waals surface area (Å²) in [5.41, 5.74) is 4.51. The summed E-state index contributed by atoms with van der Waals surface area (Å²) in [5.74, 6) is 0.674. The summed E-state index contributed by atoms with van der Waals surface area (Å²) < 4.78 is 12.1. The molecule has 2 aliphatic rings. The highest BCUT2D eigenvalue weighted by molar-refractivity contribution is 6.35. The first kappa shape index (κ1) is 29.6. The zero-order valence-corrected chi connectivity index (χ0v) is 25.9. The minimum atomic E-state index is -0.377. The van der Waals surface area contributed by atoms with Crippen LogP contribution in [0.3, 0.4) is 0 Å². The number of para-hydroxylation sites is 2. The highest BCUT2D eigenvalue weighted by Crippen LogP contribution is 2.34. The Labute approximate surface area is 281 Å². The van der Waals surface area contributed by atoms with Gasteiger partial charge in [0, 0.05) is 0 Å². The third-order valence-corrected chi connectivity index (χ3v) is 8.47. The molecular weight excluding hydrogens is 616 g/mol. The molecule has 49 heavy (non-hydrogen) atoms. The molecule has 0 radical (unpaired) electrons. The molecule has 0 fully saturated rings. The van der Waals surface area contributed by atoms with Crippen LogP contribution < -0.4 is 19.3 Å². The largest absolute Gasteiger partial charge is 0.457 e. The third-order valence-electron chi connectivity index (χ3n) is 8.47. The number of imide groups is 2. The highest BCUT2D eigenvalue weighted by atomic mass is 16.5. The van der Waals surface area contributed by atoms with Crippen molar-refractivity contribution in [2.75, 3.05) is 9.80 Å². The smallest absolute Gasteiger partial charge is 0.266 e. The molecule has 0 spiro atoms. The Balaban J connectivity index is 0.899. The Morgan fingerprint density at radius 1 is 0.367 bits per heavy atom. The zero-order valence-electron chi connectivity index (χ0n) is 25.9. The van der Waals surface area contributed by atoms with Gasteiger partial charge in [-0.3, -0.25) is 19.2 Å². The second-order valence-electron chi connectivity index (χ2n) is 11.6. The van der Waals surface area contributed by atoms with E-state index in [4.69, 9.17) is 9.47 Å². The molecule has 8 heteroatoms. The fourth-order valence-corrected chi connectivity index (χ4v) is 6.05. The summed E-state index contributed by atoms with van der Waals surface area (Å²) in [6, 6.07) is 42.9. The summed E-state index contributed by atoms with van der Waals surface area (Å²) in [7, 11) is 0. The van der Waals surface area contributed by atoms with Crippen LogP contribution in [0.2, 0.25) is 0 Å². The lowest BCUT2D eigenvalue weighted by Crippen LogP contribution is -2.29. The van der Waals surface area contributed by atoms with Crippen molar-refractivity contribution in [1.82, 2.24) is 0 Å². The molecule has 0 N–H and O–H groups in total. The Morgan fingerprint density at radius 2 is 0.714 bits per heavy atom. The Bertz CT molecular complexity index is 2100. The standard InChI is InChI=1S/C41H26N2O6/c44-38-34-21-19-32(24-36(34)40(46)42(38)28-7-3-1-4-8-28)48-30-15-11-26(12-16-30)23-27-13-17-31(18-14-27)49-33-20-22-35-37(25-33)41(47)43(39(35)45)29-9-5-2-6-10-29/h1-22,24-25H,23H2. The average Bonchev–Trinajstić information content (AvgIpc) is 3.53. The van der Waals surface area contributed by atoms with E-state index in [-0.39, 0.29) is 23.6 Å². The minimum absolute atomic E-state index is 0.310. The van der Waals surface area contributed by atoms with E-state index in [1.807, 2.05) is 60.7 Å². The SMILES string of the molecule is O=C1c2ccc(Oc3ccc(Cc4ccc(Oc5ccc6c(c5)C(=O)N(c5ccccc5)C6=O)cc4)cc3)cc2C(=O)N1c1ccccc1. The van der Waals surface area contributed by atoms with Crippen LogP contribution in [0, 0.1) is 0 Å². The van der Waals surface area contributed by atoms with Crippen molar-refractivity contribution in [2.24, 2.45) is 0 Å². The lowest BCUT2D eigenvalue weighted by molar-refractivity contribution is 0.0910. The molecule has 8 rings (SSSR count). The molecule has 0 aliphatic carbocycles. The van der Waals surface area contributed by atoms with Gasteiger partial charge in [0.05, 0.1) is 33.6 Å². The van der Waals surface area contributed by atoms with Crippen LogP contribution in [0.1, 0.15) is 52.6 Å². The van der Waals surface area contributed by atoms with E-state index in [1.165, 1.54) is 9.80 Å². The number of anilines is 2. The van der Waals surface area contributed by atoms with E-state index in [0.717, 1.165) is 11.1 Å². The number of carbonyl (C=O) groups excluding carboxylic acids is 4. The summed E-state index contributed by atoms with van der Waals surface area (Å²) in [5, 5.41) is 0. The summed E-state index contributed by atoms with van der Waals surface area (Å²) in [6.07, 6.45) is 0.677. The maximum atomic E-state index is 13.1. The van der Waals surface area contributed by atoms with Crippen LogP contribution in [0.25, 0.3) is 0 Å². The van der Waals surface area contributed by atoms with Crippen LogP contribution in [-0.2, 0) is 6.42 Å². The Kier molecular flexibility index (Phi) is 7.30. The monoisotopic (exact) mass is 642 g/mol. The van der Waals surface area contributed by atoms with E-state index < -0.39 is 0 Å². The van der Waals surface area contributed by atoms with Crippen molar-refractivity contribution in [3.63, 3.8) is 0 Å². The molecule has 0 bridgehead atoms. The van der Waals surface area contributed by atoms with Gasteiger partial charge in [-0.25, -0.2) is 9.80 Å². The number of hydrogen-bond acceptors (Lipinski definition) is 6. The van der Waals surface area contributed by atoms with Gasteiger partial charge >= 0.3 is 0 Å². The molecule has 0 unspecified atom stereocenters. The second-order valence-corrected chi connectivity index (χ2v) is 11.6. The molecule has 6 aromatic rings. The first-order chi connectivity index (χ1) is 23.9. The minimum Gasteiger partial charge on any atom is -0.457 e. The van der Waals surface area contributed by atoms with E-state index in [1.54, 1.807) is 84.9 Å². The summed E-state index contributed by atoms with van der Waals surface area (Å²) >= 11 is 0. The van der Waals surface area contributed by atoms with Crippen molar-refractivity contribution < 1.29 is 28.7 Å². The predicted octanol–water partition coefficient (Wildman–Crippen LogP) is 8.46. The fourth-order valence-electron chi connectivity index (χ4n) is 6.05. The number of hydrogen-bond donors (Lipinski definition) is 0. The second kappa shape index (κ2) is 12.1. The molecule has 0 saturated carbocycles. The molecule has 236 valence electrons. The van der Waals surface area contributed by atoms with Gasteiger partial charge in [0.2, 0.25) is 0 Å². The Hall–Kier alpha value is -6.80. The first-order valence-electron chi connectivity index (χ1n) is 15.6. The molecule has 4 amide bonds. The molecule has 0 atom stereocenters. The number of amides is 4. The van der Waals surface area contributed by atoms with Crippen molar-refractivity contribution in [3.8, 4) is 23.0 Å². The van der Waals surface area contributed by atoms with Gasteiger partial charge in [-0.05, 0) is 102 Å². The van der Waals surface area contributed by atoms with E-state index in [0.29, 0.717) is 63.0 Å². The molecular formula is C41H26N2O6. The first-order valence-corrected chi connectivity index (χ1v) is 15.6. The lowest BCUT2D eigenvalue weighted by atomic mass is 10.0. The molecule has 2 heterocycles. The number of fused-ring (bicyclic) bond motifs is 2. The Morgan fingerprint density at radius 3 is 1.10 bits per heavy atom. The maximum Gasteiger partial charge on any atom is 0.266 e. The van der Waals surface area contributed by atoms with Crippen LogP contribution in [-0.4, -0.2) is 23.6 Å². The molecule has 8 nitrogen and oxygen atoms in total. The van der Waals surface area contributed by atoms with Gasteiger partial charge in [-0.2, -0.15) is 0 Å². The number of ether oxygens (including phenoxy) is 2. The van der Waals surface area contributed by atoms with Crippen LogP contribution >= 0.6 is 0 Å². The van der Waals surface area contributed by atoms with Crippen molar-refractivity contribution in [1.29, 1.82) is 0 Å². The average molecular weight is 643 g/mol. The van der Waals surface area contributed by atoms with Crippen molar-refractivity contribution in [2.45, 2.75) is 6.42 Å². The van der Waals surface area contributed by atoms with Crippen LogP contribution in [0.15, 0.2) is 146 Å². The topological polar surface area (TPSA) is 93.2 Å². The fraction of sp³-hybridized carbons (Fsp3) is 0.0244. The highest BCUT2D eigenvalue weighted by Gasteiger charge is 2.38. The van der Waals surface area contributed by atoms with Crippen LogP contribution in [0.4, 0.5) is 11.4 Å². The lowest BCUT2D eigenvalue weighted by Gasteiger charge is -2.13. The number of carbonyl (C=O) groups is 4. The van der Waals surface area contributed by atoms with Gasteiger partial charge in [0.25, 0.3) is 23.6 Å². The van der Waals surface area contributed by atoms with E-state index >= 15 is 0 Å². The molecule has 0 saturated heterocycles. The quantitative estimate of drug-likeness (QED) is 0.155. The number of nitrogens with zero attached hydrogens (tertiary/aromatic N) is 2. The summed E-state index contributed by atoms with van der Waals surface area (Å²) in [4.78, 5) is 54.3. The van der Waals surface area contributed by atoms with E-state index in [2.05, 4.69) is 0 Å². The normalized spacial score (nSPS) is 13.5. The van der Waals surface area contributed by atoms with Crippen molar-refractivity contribution >= 4 is 35.0 Å². The van der Waals surface area contributed by atoms with Gasteiger partial charge in [-0.1, -0.05) is 60.7 Å². The third kappa shape index (κ3) is 5.51. The van der Waals surface area contributed by atoms with Gasteiger partial charge < -0.3 is 9.47 Å². The van der Waals surface area contributed by atoms with Gasteiger partial charge in [0.1, 0.15) is 23.0 Å². The molecule has 6 aromatic carbocycles. The van der Waals surface area contributed by atoms with Gasteiger partial charge in [0.15, 0.2) is 0 Å². The predicted molar refractivity (Wildman–Crippen MR) is 184 cm³/mol. The van der Waals surface area contributed by atoms with Crippen LogP contribution in [0.5, 0.6) is 23.0 Å².